The number of aliphatic carboxylic acids is 1. The molecule has 0 heterocycles. The Kier molecular flexibility index (Phi) is 18.5. The van der Waals surface area contributed by atoms with E-state index in [1.807, 2.05) is 0 Å². The molecular weight excluding hydrogens is 388 g/mol. The third kappa shape index (κ3) is 14.2. The van der Waals surface area contributed by atoms with Crippen molar-refractivity contribution in [2.75, 3.05) is 19.8 Å². The molecule has 0 bridgehead atoms. The topological polar surface area (TPSA) is 66.8 Å². The molecule has 0 fully saturated rings. The maximum atomic E-state index is 10.8. The van der Waals surface area contributed by atoms with Gasteiger partial charge in [-0.25, -0.2) is 0 Å². The SMILES string of the molecule is CCC(CC)(CCCCCO)CCCCOCCCCC(CC)(CC)CCCC(=O)O. The molecule has 0 amide bonds. The van der Waals surface area contributed by atoms with Crippen LogP contribution in [0.25, 0.3) is 0 Å². The Morgan fingerprint density at radius 2 is 1.06 bits per heavy atom. The van der Waals surface area contributed by atoms with Gasteiger partial charge in [-0.3, -0.25) is 4.79 Å². The van der Waals surface area contributed by atoms with E-state index in [0.717, 1.165) is 64.6 Å². The van der Waals surface area contributed by atoms with Gasteiger partial charge in [-0.05, 0) is 62.2 Å². The van der Waals surface area contributed by atoms with Gasteiger partial charge in [0.15, 0.2) is 0 Å². The molecule has 4 heteroatoms. The summed E-state index contributed by atoms with van der Waals surface area (Å²) < 4.78 is 5.92. The standard InChI is InChI=1S/C27H54O4/c1-5-26(6-2,18-10-9-13-22-28)19-11-14-23-31-24-15-12-20-27(7-3,8-4)21-16-17-25(29)30/h28H,5-24H2,1-4H3,(H,29,30). The maximum absolute atomic E-state index is 10.8. The van der Waals surface area contributed by atoms with Gasteiger partial charge in [-0.15, -0.1) is 0 Å². The van der Waals surface area contributed by atoms with Crippen molar-refractivity contribution >= 4 is 5.97 Å². The molecule has 0 radical (unpaired) electrons. The van der Waals surface area contributed by atoms with E-state index in [2.05, 4.69) is 27.7 Å². The largest absolute Gasteiger partial charge is 0.481 e. The molecule has 31 heavy (non-hydrogen) atoms. The van der Waals surface area contributed by atoms with E-state index in [-0.39, 0.29) is 0 Å². The van der Waals surface area contributed by atoms with Crippen LogP contribution in [0.2, 0.25) is 0 Å². The zero-order valence-corrected chi connectivity index (χ0v) is 21.4. The Morgan fingerprint density at radius 3 is 1.45 bits per heavy atom. The average molecular weight is 443 g/mol. The van der Waals surface area contributed by atoms with E-state index < -0.39 is 5.97 Å². The number of aliphatic hydroxyl groups is 1. The molecule has 0 spiro atoms. The van der Waals surface area contributed by atoms with Crippen LogP contribution in [0.1, 0.15) is 137 Å². The monoisotopic (exact) mass is 442 g/mol. The lowest BCUT2D eigenvalue weighted by Crippen LogP contribution is -2.20. The highest BCUT2D eigenvalue weighted by molar-refractivity contribution is 5.66. The van der Waals surface area contributed by atoms with Gasteiger partial charge in [-0.2, -0.15) is 0 Å². The highest BCUT2D eigenvalue weighted by Gasteiger charge is 2.26. The molecule has 0 saturated carbocycles. The second-order valence-electron chi connectivity index (χ2n) is 9.72. The van der Waals surface area contributed by atoms with Crippen molar-refractivity contribution in [3.8, 4) is 0 Å². The van der Waals surface area contributed by atoms with Crippen molar-refractivity contribution in [2.45, 2.75) is 137 Å². The van der Waals surface area contributed by atoms with E-state index in [1.54, 1.807) is 0 Å². The summed E-state index contributed by atoms with van der Waals surface area (Å²) in [6.45, 7) is 11.2. The number of hydrogen-bond donors (Lipinski definition) is 2. The fourth-order valence-corrected chi connectivity index (χ4v) is 5.08. The molecule has 0 aliphatic heterocycles. The van der Waals surface area contributed by atoms with Crippen molar-refractivity contribution < 1.29 is 19.7 Å². The Hall–Kier alpha value is -0.610. The first kappa shape index (κ1) is 30.4. The van der Waals surface area contributed by atoms with Gasteiger partial charge in [0.1, 0.15) is 0 Å². The quantitative estimate of drug-likeness (QED) is 0.159. The summed E-state index contributed by atoms with van der Waals surface area (Å²) >= 11 is 0. The van der Waals surface area contributed by atoms with Crippen molar-refractivity contribution in [3.05, 3.63) is 0 Å². The zero-order chi connectivity index (χ0) is 23.4. The molecule has 4 nitrogen and oxygen atoms in total. The van der Waals surface area contributed by atoms with E-state index in [4.69, 9.17) is 14.9 Å². The van der Waals surface area contributed by atoms with E-state index in [0.29, 0.717) is 23.9 Å². The number of unbranched alkanes of at least 4 members (excludes halogenated alkanes) is 4. The normalized spacial score (nSPS) is 12.4. The minimum Gasteiger partial charge on any atom is -0.481 e. The summed E-state index contributed by atoms with van der Waals surface area (Å²) in [4.78, 5) is 10.8. The number of hydrogen-bond acceptors (Lipinski definition) is 3. The van der Waals surface area contributed by atoms with Crippen molar-refractivity contribution in [3.63, 3.8) is 0 Å². The molecule has 0 saturated heterocycles. The summed E-state index contributed by atoms with van der Waals surface area (Å²) in [5.74, 6) is -0.675. The van der Waals surface area contributed by atoms with Crippen LogP contribution in [0, 0.1) is 10.8 Å². The van der Waals surface area contributed by atoms with Gasteiger partial charge in [0.2, 0.25) is 0 Å². The summed E-state index contributed by atoms with van der Waals surface area (Å²) in [7, 11) is 0. The van der Waals surface area contributed by atoms with E-state index >= 15 is 0 Å². The van der Waals surface area contributed by atoms with Gasteiger partial charge in [0, 0.05) is 26.2 Å². The van der Waals surface area contributed by atoms with Crippen LogP contribution in [0.5, 0.6) is 0 Å². The predicted molar refractivity (Wildman–Crippen MR) is 132 cm³/mol. The smallest absolute Gasteiger partial charge is 0.303 e. The van der Waals surface area contributed by atoms with Gasteiger partial charge >= 0.3 is 5.97 Å². The van der Waals surface area contributed by atoms with Crippen LogP contribution < -0.4 is 0 Å². The van der Waals surface area contributed by atoms with Gasteiger partial charge in [-0.1, -0.05) is 79.1 Å². The fraction of sp³-hybridized carbons (Fsp3) is 0.963. The first-order valence-corrected chi connectivity index (χ1v) is 13.3. The Bertz CT molecular complexity index is 413. The van der Waals surface area contributed by atoms with Gasteiger partial charge in [0.25, 0.3) is 0 Å². The number of aliphatic hydroxyl groups excluding tert-OH is 1. The van der Waals surface area contributed by atoms with Crippen molar-refractivity contribution in [1.29, 1.82) is 0 Å². The molecule has 0 atom stereocenters. The summed E-state index contributed by atoms with van der Waals surface area (Å²) in [5.41, 5.74) is 0.802. The molecule has 0 aromatic heterocycles. The Labute approximate surface area is 193 Å². The number of carboxylic acids is 1. The van der Waals surface area contributed by atoms with Crippen molar-refractivity contribution in [2.24, 2.45) is 10.8 Å². The van der Waals surface area contributed by atoms with Crippen LogP contribution in [-0.2, 0) is 9.53 Å². The van der Waals surface area contributed by atoms with Gasteiger partial charge < -0.3 is 14.9 Å². The van der Waals surface area contributed by atoms with Crippen LogP contribution in [0.4, 0.5) is 0 Å². The third-order valence-corrected chi connectivity index (χ3v) is 7.95. The minimum absolute atomic E-state index is 0.296. The number of rotatable bonds is 23. The molecule has 186 valence electrons. The molecule has 0 aliphatic carbocycles. The summed E-state index contributed by atoms with van der Waals surface area (Å²) in [5, 5.41) is 17.9. The van der Waals surface area contributed by atoms with Crippen molar-refractivity contribution in [1.82, 2.24) is 0 Å². The first-order valence-electron chi connectivity index (χ1n) is 13.3. The van der Waals surface area contributed by atoms with Crippen LogP contribution in [0.15, 0.2) is 0 Å². The molecule has 0 rings (SSSR count). The minimum atomic E-state index is -0.675. The second-order valence-corrected chi connectivity index (χ2v) is 9.72. The molecule has 0 unspecified atom stereocenters. The molecule has 2 N–H and O–H groups in total. The lowest BCUT2D eigenvalue weighted by atomic mass is 9.74. The number of ether oxygens (including phenoxy) is 1. The number of carbonyl (C=O) groups is 1. The third-order valence-electron chi connectivity index (χ3n) is 7.95. The highest BCUT2D eigenvalue weighted by atomic mass is 16.5. The van der Waals surface area contributed by atoms with Gasteiger partial charge in [0.05, 0.1) is 0 Å². The van der Waals surface area contributed by atoms with Crippen LogP contribution >= 0.6 is 0 Å². The molecule has 0 aromatic carbocycles. The number of carboxylic acid groups (broad SMARTS) is 1. The lowest BCUT2D eigenvalue weighted by Gasteiger charge is -2.32. The van der Waals surface area contributed by atoms with E-state index in [1.165, 1.54) is 51.4 Å². The molecule has 0 aliphatic rings. The second kappa shape index (κ2) is 18.9. The van der Waals surface area contributed by atoms with Crippen LogP contribution in [-0.4, -0.2) is 36.0 Å². The highest BCUT2D eigenvalue weighted by Crippen LogP contribution is 2.39. The fourth-order valence-electron chi connectivity index (χ4n) is 5.08. The average Bonchev–Trinajstić information content (AvgIpc) is 2.78. The Balaban J connectivity index is 3.96. The maximum Gasteiger partial charge on any atom is 0.303 e. The van der Waals surface area contributed by atoms with E-state index in [9.17, 15) is 4.79 Å². The molecule has 0 aromatic rings. The summed E-state index contributed by atoms with van der Waals surface area (Å²) in [6.07, 6.45) is 18.7. The molecular formula is C27H54O4. The predicted octanol–water partition coefficient (Wildman–Crippen LogP) is 7.76. The first-order chi connectivity index (χ1) is 14.9. The zero-order valence-electron chi connectivity index (χ0n) is 21.4. The Morgan fingerprint density at radius 1 is 0.645 bits per heavy atom. The summed E-state index contributed by atoms with van der Waals surface area (Å²) in [6, 6.07) is 0. The van der Waals surface area contributed by atoms with Crippen LogP contribution in [0.3, 0.4) is 0 Å². The lowest BCUT2D eigenvalue weighted by molar-refractivity contribution is -0.137.